The summed E-state index contributed by atoms with van der Waals surface area (Å²) in [5.41, 5.74) is 3.91. The number of aryl methyl sites for hydroxylation is 1. The molecule has 1 aromatic carbocycles. The van der Waals surface area contributed by atoms with Gasteiger partial charge in [-0.2, -0.15) is 0 Å². The lowest BCUT2D eigenvalue weighted by molar-refractivity contribution is 0.337. The van der Waals surface area contributed by atoms with Crippen LogP contribution in [0.3, 0.4) is 0 Å². The van der Waals surface area contributed by atoms with Crippen LogP contribution in [-0.4, -0.2) is 37.6 Å². The fourth-order valence-corrected chi connectivity index (χ4v) is 3.02. The van der Waals surface area contributed by atoms with Crippen molar-refractivity contribution in [2.75, 3.05) is 31.6 Å². The van der Waals surface area contributed by atoms with Crippen LogP contribution in [0.4, 0.5) is 5.69 Å². The van der Waals surface area contributed by atoms with Crippen molar-refractivity contribution >= 4 is 17.3 Å². The molecule has 3 heteroatoms. The maximum atomic E-state index is 5.89. The van der Waals surface area contributed by atoms with E-state index < -0.39 is 0 Å². The number of rotatable bonds is 2. The van der Waals surface area contributed by atoms with Crippen molar-refractivity contribution in [2.45, 2.75) is 32.2 Å². The van der Waals surface area contributed by atoms with Crippen LogP contribution in [0.2, 0.25) is 0 Å². The highest BCUT2D eigenvalue weighted by Crippen LogP contribution is 2.25. The molecule has 1 aliphatic heterocycles. The molecule has 1 saturated heterocycles. The molecule has 0 aromatic heterocycles. The Hall–Kier alpha value is -0.730. The summed E-state index contributed by atoms with van der Waals surface area (Å²) in [7, 11) is 2.21. The van der Waals surface area contributed by atoms with Crippen LogP contribution in [0.1, 0.15) is 24.5 Å². The number of alkyl halides is 1. The van der Waals surface area contributed by atoms with Gasteiger partial charge < -0.3 is 9.80 Å². The maximum Gasteiger partial charge on any atom is 0.0474 e. The molecule has 100 valence electrons. The van der Waals surface area contributed by atoms with Gasteiger partial charge in [-0.1, -0.05) is 12.1 Å². The number of halogens is 1. The first-order valence-electron chi connectivity index (χ1n) is 6.72. The van der Waals surface area contributed by atoms with Gasteiger partial charge in [0.1, 0.15) is 0 Å². The van der Waals surface area contributed by atoms with E-state index in [1.165, 1.54) is 29.8 Å². The molecule has 0 amide bonds. The molecule has 2 nitrogen and oxygen atoms in total. The van der Waals surface area contributed by atoms with Crippen molar-refractivity contribution in [3.05, 3.63) is 29.3 Å². The summed E-state index contributed by atoms with van der Waals surface area (Å²) in [6.07, 6.45) is 1.23. The molecule has 0 spiro atoms. The van der Waals surface area contributed by atoms with E-state index in [1.54, 1.807) is 0 Å². The van der Waals surface area contributed by atoms with Gasteiger partial charge in [0.2, 0.25) is 0 Å². The highest BCUT2D eigenvalue weighted by Gasteiger charge is 2.20. The highest BCUT2D eigenvalue weighted by molar-refractivity contribution is 6.17. The van der Waals surface area contributed by atoms with Crippen LogP contribution in [0.5, 0.6) is 0 Å². The molecule has 1 unspecified atom stereocenters. The molecule has 1 heterocycles. The average Bonchev–Trinajstić information content (AvgIpc) is 2.50. The van der Waals surface area contributed by atoms with E-state index in [0.717, 1.165) is 13.1 Å². The Balaban J connectivity index is 2.24. The third-order valence-corrected chi connectivity index (χ3v) is 4.08. The standard InChI is InChI=1S/C15H23ClN2/c1-12-9-14(10-16)5-6-15(12)18-8-4-7-17(3)11-13(18)2/h5-6,9,13H,4,7-8,10-11H2,1-3H3. The molecule has 1 aliphatic rings. The Morgan fingerprint density at radius 3 is 2.78 bits per heavy atom. The van der Waals surface area contributed by atoms with Gasteiger partial charge in [-0.25, -0.2) is 0 Å². The van der Waals surface area contributed by atoms with Gasteiger partial charge in [-0.15, -0.1) is 11.6 Å². The van der Waals surface area contributed by atoms with E-state index in [-0.39, 0.29) is 0 Å². The summed E-state index contributed by atoms with van der Waals surface area (Å²) in [6, 6.07) is 7.16. The van der Waals surface area contributed by atoms with E-state index in [2.05, 4.69) is 48.9 Å². The Morgan fingerprint density at radius 1 is 1.33 bits per heavy atom. The monoisotopic (exact) mass is 266 g/mol. The Labute approximate surface area is 116 Å². The second kappa shape index (κ2) is 5.94. The van der Waals surface area contributed by atoms with Crippen LogP contribution in [0.25, 0.3) is 0 Å². The third-order valence-electron chi connectivity index (χ3n) is 3.77. The van der Waals surface area contributed by atoms with Gasteiger partial charge in [0.25, 0.3) is 0 Å². The van der Waals surface area contributed by atoms with Crippen molar-refractivity contribution in [3.63, 3.8) is 0 Å². The summed E-state index contributed by atoms with van der Waals surface area (Å²) in [6.45, 7) is 7.98. The molecule has 0 bridgehead atoms. The Kier molecular flexibility index (Phi) is 4.52. The van der Waals surface area contributed by atoms with Crippen LogP contribution < -0.4 is 4.90 Å². The van der Waals surface area contributed by atoms with Gasteiger partial charge in [0.05, 0.1) is 0 Å². The van der Waals surface area contributed by atoms with Crippen molar-refractivity contribution in [1.29, 1.82) is 0 Å². The van der Waals surface area contributed by atoms with Gasteiger partial charge in [-0.05, 0) is 51.1 Å². The smallest absolute Gasteiger partial charge is 0.0474 e. The molecule has 1 fully saturated rings. The first-order valence-corrected chi connectivity index (χ1v) is 7.26. The van der Waals surface area contributed by atoms with Crippen molar-refractivity contribution in [1.82, 2.24) is 4.90 Å². The highest BCUT2D eigenvalue weighted by atomic mass is 35.5. The second-order valence-electron chi connectivity index (χ2n) is 5.41. The molecule has 1 aromatic rings. The van der Waals surface area contributed by atoms with Crippen molar-refractivity contribution in [2.24, 2.45) is 0 Å². The molecule has 2 rings (SSSR count). The molecule has 0 radical (unpaired) electrons. The first-order chi connectivity index (χ1) is 8.61. The molecule has 0 aliphatic carbocycles. The fourth-order valence-electron chi connectivity index (χ4n) is 2.85. The van der Waals surface area contributed by atoms with Gasteiger partial charge in [0, 0.05) is 30.7 Å². The van der Waals surface area contributed by atoms with Crippen LogP contribution >= 0.6 is 11.6 Å². The second-order valence-corrected chi connectivity index (χ2v) is 5.68. The molecular weight excluding hydrogens is 244 g/mol. The van der Waals surface area contributed by atoms with Crippen molar-refractivity contribution < 1.29 is 0 Å². The number of likely N-dealkylation sites (N-methyl/N-ethyl adjacent to an activating group) is 1. The predicted molar refractivity (Wildman–Crippen MR) is 79.7 cm³/mol. The van der Waals surface area contributed by atoms with Crippen LogP contribution in [0.15, 0.2) is 18.2 Å². The van der Waals surface area contributed by atoms with E-state index in [1.807, 2.05) is 0 Å². The molecule has 18 heavy (non-hydrogen) atoms. The summed E-state index contributed by atoms with van der Waals surface area (Å²) >= 11 is 5.89. The number of hydrogen-bond acceptors (Lipinski definition) is 2. The zero-order valence-electron chi connectivity index (χ0n) is 11.6. The molecule has 1 atom stereocenters. The minimum Gasteiger partial charge on any atom is -0.367 e. The lowest BCUT2D eigenvalue weighted by atomic mass is 10.1. The van der Waals surface area contributed by atoms with E-state index >= 15 is 0 Å². The molecule has 0 saturated carbocycles. The van der Waals surface area contributed by atoms with E-state index in [0.29, 0.717) is 11.9 Å². The Morgan fingerprint density at radius 2 is 2.11 bits per heavy atom. The fraction of sp³-hybridized carbons (Fsp3) is 0.600. The zero-order valence-corrected chi connectivity index (χ0v) is 12.4. The first kappa shape index (κ1) is 13.7. The van der Waals surface area contributed by atoms with Gasteiger partial charge >= 0.3 is 0 Å². The summed E-state index contributed by atoms with van der Waals surface area (Å²) in [4.78, 5) is 4.96. The number of hydrogen-bond donors (Lipinski definition) is 0. The predicted octanol–water partition coefficient (Wildman–Crippen LogP) is 3.26. The summed E-state index contributed by atoms with van der Waals surface area (Å²) < 4.78 is 0. The zero-order chi connectivity index (χ0) is 13.1. The number of anilines is 1. The molecule has 0 N–H and O–H groups in total. The Bertz CT molecular complexity index is 405. The van der Waals surface area contributed by atoms with Gasteiger partial charge in [0.15, 0.2) is 0 Å². The van der Waals surface area contributed by atoms with Crippen molar-refractivity contribution in [3.8, 4) is 0 Å². The summed E-state index contributed by atoms with van der Waals surface area (Å²) in [5.74, 6) is 0.597. The normalized spacial score (nSPS) is 22.0. The topological polar surface area (TPSA) is 6.48 Å². The largest absolute Gasteiger partial charge is 0.367 e. The maximum absolute atomic E-state index is 5.89. The quantitative estimate of drug-likeness (QED) is 0.758. The lowest BCUT2D eigenvalue weighted by Crippen LogP contribution is -2.38. The van der Waals surface area contributed by atoms with Gasteiger partial charge in [-0.3, -0.25) is 0 Å². The van der Waals surface area contributed by atoms with Crippen LogP contribution in [0, 0.1) is 6.92 Å². The number of benzene rings is 1. The number of nitrogens with zero attached hydrogens (tertiary/aromatic N) is 2. The minimum atomic E-state index is 0.568. The average molecular weight is 267 g/mol. The lowest BCUT2D eigenvalue weighted by Gasteiger charge is -2.31. The minimum absolute atomic E-state index is 0.568. The summed E-state index contributed by atoms with van der Waals surface area (Å²) in [5, 5.41) is 0. The third kappa shape index (κ3) is 2.99. The van der Waals surface area contributed by atoms with E-state index in [9.17, 15) is 0 Å². The molecular formula is C15H23ClN2. The SMILES string of the molecule is Cc1cc(CCl)ccc1N1CCCN(C)CC1C. The van der Waals surface area contributed by atoms with Crippen LogP contribution in [-0.2, 0) is 5.88 Å². The van der Waals surface area contributed by atoms with E-state index in [4.69, 9.17) is 11.6 Å².